The summed E-state index contributed by atoms with van der Waals surface area (Å²) in [5, 5.41) is 9.56. The molecule has 0 radical (unpaired) electrons. The Morgan fingerprint density at radius 3 is 2.65 bits per heavy atom. The summed E-state index contributed by atoms with van der Waals surface area (Å²) in [6.45, 7) is 8.25. The number of hydrogen-bond acceptors (Lipinski definition) is 5. The molecule has 2 aliphatic heterocycles. The van der Waals surface area contributed by atoms with Crippen LogP contribution in [0.2, 0.25) is 0 Å². The van der Waals surface area contributed by atoms with Crippen molar-refractivity contribution in [3.8, 4) is 17.0 Å². The van der Waals surface area contributed by atoms with Crippen LogP contribution in [0.15, 0.2) is 35.5 Å². The number of pyridine rings is 1. The number of rotatable bonds is 7. The van der Waals surface area contributed by atoms with Crippen LogP contribution in [0.4, 0.5) is 0 Å². The van der Waals surface area contributed by atoms with E-state index < -0.39 is 11.4 Å². The summed E-state index contributed by atoms with van der Waals surface area (Å²) in [5.41, 5.74) is 3.92. The lowest BCUT2D eigenvalue weighted by atomic mass is 9.78. The van der Waals surface area contributed by atoms with Crippen LogP contribution in [-0.4, -0.2) is 42.6 Å². The average molecular weight is 468 g/mol. The van der Waals surface area contributed by atoms with Crippen LogP contribution in [-0.2, 0) is 15.9 Å². The molecule has 1 aromatic heterocycles. The molecule has 7 heteroatoms. The van der Waals surface area contributed by atoms with Crippen LogP contribution in [0.5, 0.6) is 5.75 Å². The number of ether oxygens (including phenoxy) is 3. The van der Waals surface area contributed by atoms with Crippen molar-refractivity contribution >= 4 is 11.5 Å². The zero-order valence-electron chi connectivity index (χ0n) is 20.3. The van der Waals surface area contributed by atoms with Gasteiger partial charge in [-0.25, -0.2) is 4.79 Å². The van der Waals surface area contributed by atoms with Crippen molar-refractivity contribution in [2.75, 3.05) is 26.9 Å². The summed E-state index contributed by atoms with van der Waals surface area (Å²) in [6, 6.07) is 5.61. The van der Waals surface area contributed by atoms with Crippen LogP contribution >= 0.6 is 0 Å². The van der Waals surface area contributed by atoms with Gasteiger partial charge in [-0.1, -0.05) is 20.8 Å². The number of aromatic nitrogens is 1. The number of carboxylic acids is 1. The number of carbonyl (C=O) groups is 1. The number of nitrogens with zero attached hydrogens (tertiary/aromatic N) is 1. The van der Waals surface area contributed by atoms with E-state index in [4.69, 9.17) is 14.2 Å². The second-order valence-electron chi connectivity index (χ2n) is 10.1. The molecular formula is C27H33NO6. The van der Waals surface area contributed by atoms with Crippen molar-refractivity contribution in [2.45, 2.75) is 52.5 Å². The monoisotopic (exact) mass is 467 g/mol. The summed E-state index contributed by atoms with van der Waals surface area (Å²) < 4.78 is 19.0. The molecule has 0 saturated heterocycles. The third-order valence-corrected chi connectivity index (χ3v) is 6.57. The molecular weight excluding hydrogens is 434 g/mol. The Hall–Kier alpha value is -3.06. The van der Waals surface area contributed by atoms with E-state index in [0.717, 1.165) is 53.0 Å². The van der Waals surface area contributed by atoms with Crippen molar-refractivity contribution in [3.05, 3.63) is 57.6 Å². The molecule has 2 aromatic rings. The Morgan fingerprint density at radius 2 is 2.00 bits per heavy atom. The highest BCUT2D eigenvalue weighted by atomic mass is 16.5. The van der Waals surface area contributed by atoms with Crippen molar-refractivity contribution < 1.29 is 24.1 Å². The fraction of sp³-hybridized carbons (Fsp3) is 0.481. The number of fused-ring (bicyclic) bond motifs is 3. The van der Waals surface area contributed by atoms with E-state index in [1.165, 1.54) is 12.3 Å². The first-order valence-electron chi connectivity index (χ1n) is 11.8. The Labute approximate surface area is 200 Å². The van der Waals surface area contributed by atoms with Gasteiger partial charge in [0.05, 0.1) is 25.2 Å². The molecule has 182 valence electrons. The first-order valence-corrected chi connectivity index (χ1v) is 11.8. The van der Waals surface area contributed by atoms with E-state index in [9.17, 15) is 14.7 Å². The second-order valence-corrected chi connectivity index (χ2v) is 10.1. The highest BCUT2D eigenvalue weighted by Crippen LogP contribution is 2.45. The molecule has 0 fully saturated rings. The van der Waals surface area contributed by atoms with Gasteiger partial charge in [0.15, 0.2) is 5.43 Å². The molecule has 7 nitrogen and oxygen atoms in total. The van der Waals surface area contributed by atoms with E-state index in [2.05, 4.69) is 32.9 Å². The molecule has 0 aliphatic carbocycles. The molecule has 1 aromatic carbocycles. The maximum Gasteiger partial charge on any atom is 0.341 e. The summed E-state index contributed by atoms with van der Waals surface area (Å²) in [4.78, 5) is 24.4. The summed E-state index contributed by atoms with van der Waals surface area (Å²) in [7, 11) is 1.68. The van der Waals surface area contributed by atoms with Gasteiger partial charge in [-0.2, -0.15) is 0 Å². The minimum Gasteiger partial charge on any atom is -0.501 e. The van der Waals surface area contributed by atoms with Crippen molar-refractivity contribution in [3.63, 3.8) is 0 Å². The van der Waals surface area contributed by atoms with Crippen LogP contribution in [0.25, 0.3) is 16.8 Å². The van der Waals surface area contributed by atoms with E-state index in [1.54, 1.807) is 13.4 Å². The maximum atomic E-state index is 12.7. The lowest BCUT2D eigenvalue weighted by Crippen LogP contribution is -2.33. The van der Waals surface area contributed by atoms with Gasteiger partial charge in [0, 0.05) is 49.6 Å². The fourth-order valence-electron chi connectivity index (χ4n) is 4.76. The highest BCUT2D eigenvalue weighted by Gasteiger charge is 2.34. The molecule has 0 spiro atoms. The smallest absolute Gasteiger partial charge is 0.341 e. The zero-order valence-corrected chi connectivity index (χ0v) is 20.3. The standard InChI is InChI=1S/C27H33NO6/c1-27(2,3)25-12-18-11-24(34-10-6-8-32-4)20(17-7-5-9-33-16-17)13-19(18)22-14-23(29)21(26(30)31)15-28(22)25/h11,13-16,25H,5-10,12H2,1-4H3,(H,30,31). The number of aromatic carboxylic acids is 1. The predicted molar refractivity (Wildman–Crippen MR) is 130 cm³/mol. The number of allylic oxidation sites excluding steroid dienone is 1. The normalized spacial score (nSPS) is 17.3. The molecule has 0 amide bonds. The Kier molecular flexibility index (Phi) is 6.84. The van der Waals surface area contributed by atoms with E-state index >= 15 is 0 Å². The largest absolute Gasteiger partial charge is 0.501 e. The Bertz CT molecular complexity index is 1170. The fourth-order valence-corrected chi connectivity index (χ4v) is 4.76. The number of hydrogen-bond donors (Lipinski definition) is 1. The molecule has 1 N–H and O–H groups in total. The number of carboxylic acid groups (broad SMARTS) is 1. The molecule has 2 aliphatic rings. The molecule has 0 saturated carbocycles. The van der Waals surface area contributed by atoms with E-state index in [1.807, 2.05) is 4.57 Å². The van der Waals surface area contributed by atoms with Gasteiger partial charge in [0.2, 0.25) is 0 Å². The van der Waals surface area contributed by atoms with Gasteiger partial charge >= 0.3 is 5.97 Å². The van der Waals surface area contributed by atoms with Crippen molar-refractivity contribution in [2.24, 2.45) is 5.41 Å². The van der Waals surface area contributed by atoms with E-state index in [0.29, 0.717) is 26.2 Å². The lowest BCUT2D eigenvalue weighted by Gasteiger charge is -2.39. The summed E-state index contributed by atoms with van der Waals surface area (Å²) in [6.07, 6.45) is 6.60. The van der Waals surface area contributed by atoms with E-state index in [-0.39, 0.29) is 17.0 Å². The third-order valence-electron chi connectivity index (χ3n) is 6.57. The van der Waals surface area contributed by atoms with Gasteiger partial charge < -0.3 is 23.9 Å². The molecule has 0 bridgehead atoms. The predicted octanol–water partition coefficient (Wildman–Crippen LogP) is 4.92. The minimum atomic E-state index is -1.20. The third kappa shape index (κ3) is 4.75. The topological polar surface area (TPSA) is 87.0 Å². The minimum absolute atomic E-state index is 0.0156. The quantitative estimate of drug-likeness (QED) is 0.582. The van der Waals surface area contributed by atoms with Crippen LogP contribution in [0.1, 0.15) is 67.6 Å². The highest BCUT2D eigenvalue weighted by molar-refractivity contribution is 5.88. The van der Waals surface area contributed by atoms with Crippen molar-refractivity contribution in [1.29, 1.82) is 0 Å². The SMILES string of the molecule is COCCCOc1cc2c(cc1C1=COCCC1)-c1cc(=O)c(C(=O)O)cn1C(C(C)(C)C)C2. The van der Waals surface area contributed by atoms with Gasteiger partial charge in [-0.05, 0) is 47.9 Å². The van der Waals surface area contributed by atoms with Crippen LogP contribution in [0, 0.1) is 5.41 Å². The lowest BCUT2D eigenvalue weighted by molar-refractivity contribution is 0.0693. The number of methoxy groups -OCH3 is 1. The Balaban J connectivity index is 1.89. The van der Waals surface area contributed by atoms with Gasteiger partial charge in [0.1, 0.15) is 11.3 Å². The first kappa shape index (κ1) is 24.1. The molecule has 1 atom stereocenters. The molecule has 1 unspecified atom stereocenters. The first-order chi connectivity index (χ1) is 16.2. The van der Waals surface area contributed by atoms with Crippen molar-refractivity contribution in [1.82, 2.24) is 4.57 Å². The van der Waals surface area contributed by atoms with Gasteiger partial charge in [-0.3, -0.25) is 4.79 Å². The van der Waals surface area contributed by atoms with Crippen LogP contribution < -0.4 is 10.2 Å². The molecule has 3 heterocycles. The Morgan fingerprint density at radius 1 is 1.21 bits per heavy atom. The number of benzene rings is 1. The second kappa shape index (κ2) is 9.66. The summed E-state index contributed by atoms with van der Waals surface area (Å²) >= 11 is 0. The van der Waals surface area contributed by atoms with Gasteiger partial charge in [-0.15, -0.1) is 0 Å². The summed E-state index contributed by atoms with van der Waals surface area (Å²) in [5.74, 6) is -0.402. The maximum absolute atomic E-state index is 12.7. The van der Waals surface area contributed by atoms with Crippen LogP contribution in [0.3, 0.4) is 0 Å². The average Bonchev–Trinajstić information content (AvgIpc) is 2.80. The molecule has 4 rings (SSSR count). The zero-order chi connectivity index (χ0) is 24.5. The van der Waals surface area contributed by atoms with Gasteiger partial charge in [0.25, 0.3) is 0 Å². The molecule has 34 heavy (non-hydrogen) atoms.